The Balaban J connectivity index is 2.08. The van der Waals surface area contributed by atoms with E-state index in [0.717, 1.165) is 17.8 Å². The summed E-state index contributed by atoms with van der Waals surface area (Å²) >= 11 is 0. The van der Waals surface area contributed by atoms with Gasteiger partial charge in [-0.2, -0.15) is 0 Å². The molecule has 1 unspecified atom stereocenters. The number of anilines is 2. The van der Waals surface area contributed by atoms with Crippen molar-refractivity contribution in [2.75, 3.05) is 30.8 Å². The standard InChI is InChI=1S/C16H25N3O2/c1-11-9-13(17)5-6-14(11)18-15(20)12(2)19-7-8-21-10-16(19,3)4/h5-6,9,12H,7-8,10,17H2,1-4H3,(H,18,20). The van der Waals surface area contributed by atoms with Gasteiger partial charge in [0.15, 0.2) is 0 Å². The second-order valence-corrected chi connectivity index (χ2v) is 6.30. The number of benzene rings is 1. The summed E-state index contributed by atoms with van der Waals surface area (Å²) < 4.78 is 5.51. The zero-order chi connectivity index (χ0) is 15.6. The van der Waals surface area contributed by atoms with Crippen molar-refractivity contribution in [2.45, 2.75) is 39.3 Å². The topological polar surface area (TPSA) is 67.6 Å². The van der Waals surface area contributed by atoms with Crippen LogP contribution in [0.4, 0.5) is 11.4 Å². The van der Waals surface area contributed by atoms with Gasteiger partial charge in [-0.1, -0.05) is 0 Å². The third-order valence-corrected chi connectivity index (χ3v) is 4.06. The van der Waals surface area contributed by atoms with Gasteiger partial charge < -0.3 is 15.8 Å². The van der Waals surface area contributed by atoms with Crippen LogP contribution in [0.2, 0.25) is 0 Å². The molecule has 1 heterocycles. The van der Waals surface area contributed by atoms with Crippen LogP contribution in [0.1, 0.15) is 26.3 Å². The molecule has 1 aromatic rings. The van der Waals surface area contributed by atoms with E-state index in [0.29, 0.717) is 18.9 Å². The van der Waals surface area contributed by atoms with E-state index in [1.54, 1.807) is 6.07 Å². The summed E-state index contributed by atoms with van der Waals surface area (Å²) in [7, 11) is 0. The monoisotopic (exact) mass is 291 g/mol. The lowest BCUT2D eigenvalue weighted by molar-refractivity contribution is -0.129. The van der Waals surface area contributed by atoms with E-state index >= 15 is 0 Å². The van der Waals surface area contributed by atoms with E-state index in [1.165, 1.54) is 0 Å². The number of nitrogens with zero attached hydrogens (tertiary/aromatic N) is 1. The van der Waals surface area contributed by atoms with Crippen molar-refractivity contribution in [2.24, 2.45) is 0 Å². The molecule has 0 radical (unpaired) electrons. The van der Waals surface area contributed by atoms with E-state index in [9.17, 15) is 4.79 Å². The number of morpholine rings is 1. The fraction of sp³-hybridized carbons (Fsp3) is 0.562. The summed E-state index contributed by atoms with van der Waals surface area (Å²) in [5, 5.41) is 3.00. The molecule has 0 aliphatic carbocycles. The SMILES string of the molecule is Cc1cc(N)ccc1NC(=O)C(C)N1CCOCC1(C)C. The normalized spacial score (nSPS) is 20.0. The van der Waals surface area contributed by atoms with E-state index in [1.807, 2.05) is 26.0 Å². The lowest BCUT2D eigenvalue weighted by atomic mass is 9.99. The Morgan fingerprint density at radius 2 is 2.19 bits per heavy atom. The molecule has 5 heteroatoms. The first-order chi connectivity index (χ1) is 9.81. The van der Waals surface area contributed by atoms with Crippen LogP contribution in [-0.2, 0) is 9.53 Å². The largest absolute Gasteiger partial charge is 0.399 e. The van der Waals surface area contributed by atoms with Crippen molar-refractivity contribution in [1.29, 1.82) is 0 Å². The summed E-state index contributed by atoms with van der Waals surface area (Å²) in [5.74, 6) is -0.00199. The molecular formula is C16H25N3O2. The molecule has 1 fully saturated rings. The fourth-order valence-electron chi connectivity index (χ4n) is 2.79. The van der Waals surface area contributed by atoms with Crippen LogP contribution < -0.4 is 11.1 Å². The van der Waals surface area contributed by atoms with Crippen molar-refractivity contribution in [3.05, 3.63) is 23.8 Å². The zero-order valence-corrected chi connectivity index (χ0v) is 13.3. The maximum Gasteiger partial charge on any atom is 0.241 e. The van der Waals surface area contributed by atoms with Crippen molar-refractivity contribution in [1.82, 2.24) is 4.90 Å². The molecule has 1 saturated heterocycles. The number of hydrogen-bond acceptors (Lipinski definition) is 4. The van der Waals surface area contributed by atoms with Gasteiger partial charge in [0, 0.05) is 23.5 Å². The summed E-state index contributed by atoms with van der Waals surface area (Å²) in [5.41, 5.74) is 8.09. The first kappa shape index (κ1) is 15.8. The molecule has 0 saturated carbocycles. The molecule has 1 aliphatic heterocycles. The average molecular weight is 291 g/mol. The Bertz CT molecular complexity index is 528. The molecule has 1 atom stereocenters. The minimum Gasteiger partial charge on any atom is -0.399 e. The lowest BCUT2D eigenvalue weighted by Gasteiger charge is -2.44. The van der Waals surface area contributed by atoms with Crippen LogP contribution in [-0.4, -0.2) is 42.1 Å². The third-order valence-electron chi connectivity index (χ3n) is 4.06. The molecule has 1 aliphatic rings. The number of carbonyl (C=O) groups is 1. The first-order valence-electron chi connectivity index (χ1n) is 7.33. The Labute approximate surface area is 126 Å². The van der Waals surface area contributed by atoms with Crippen LogP contribution in [0.5, 0.6) is 0 Å². The second kappa shape index (κ2) is 6.03. The number of hydrogen-bond donors (Lipinski definition) is 2. The molecule has 116 valence electrons. The Hall–Kier alpha value is -1.59. The molecule has 0 spiro atoms. The molecule has 0 bridgehead atoms. The van der Waals surface area contributed by atoms with E-state index in [-0.39, 0.29) is 17.5 Å². The van der Waals surface area contributed by atoms with Gasteiger partial charge in [-0.15, -0.1) is 0 Å². The maximum absolute atomic E-state index is 12.5. The Morgan fingerprint density at radius 1 is 1.48 bits per heavy atom. The van der Waals surface area contributed by atoms with Gasteiger partial charge in [-0.05, 0) is 51.5 Å². The molecule has 2 rings (SSSR count). The van der Waals surface area contributed by atoms with Crippen molar-refractivity contribution < 1.29 is 9.53 Å². The maximum atomic E-state index is 12.5. The van der Waals surface area contributed by atoms with E-state index < -0.39 is 0 Å². The van der Waals surface area contributed by atoms with Gasteiger partial charge in [-0.3, -0.25) is 9.69 Å². The second-order valence-electron chi connectivity index (χ2n) is 6.30. The van der Waals surface area contributed by atoms with Gasteiger partial charge in [0.25, 0.3) is 0 Å². The van der Waals surface area contributed by atoms with Gasteiger partial charge in [-0.25, -0.2) is 0 Å². The number of rotatable bonds is 3. The molecule has 1 amide bonds. The van der Waals surface area contributed by atoms with E-state index in [4.69, 9.17) is 10.5 Å². The average Bonchev–Trinajstić information content (AvgIpc) is 2.40. The van der Waals surface area contributed by atoms with Crippen LogP contribution in [0.3, 0.4) is 0 Å². The van der Waals surface area contributed by atoms with Crippen molar-refractivity contribution in [3.63, 3.8) is 0 Å². The smallest absolute Gasteiger partial charge is 0.241 e. The highest BCUT2D eigenvalue weighted by molar-refractivity contribution is 5.95. The third kappa shape index (κ3) is 3.54. The van der Waals surface area contributed by atoms with Gasteiger partial charge in [0.2, 0.25) is 5.91 Å². The van der Waals surface area contributed by atoms with Crippen molar-refractivity contribution in [3.8, 4) is 0 Å². The number of aryl methyl sites for hydroxylation is 1. The summed E-state index contributed by atoms with van der Waals surface area (Å²) in [4.78, 5) is 14.7. The van der Waals surface area contributed by atoms with Gasteiger partial charge >= 0.3 is 0 Å². The van der Waals surface area contributed by atoms with Crippen LogP contribution in [0.25, 0.3) is 0 Å². The number of nitrogens with one attached hydrogen (secondary N) is 1. The minimum absolute atomic E-state index is 0.00199. The summed E-state index contributed by atoms with van der Waals surface area (Å²) in [6.45, 7) is 10.2. The fourth-order valence-corrected chi connectivity index (χ4v) is 2.79. The Kier molecular flexibility index (Phi) is 4.54. The quantitative estimate of drug-likeness (QED) is 0.836. The van der Waals surface area contributed by atoms with Gasteiger partial charge in [0.1, 0.15) is 0 Å². The molecule has 3 N–H and O–H groups in total. The molecule has 5 nitrogen and oxygen atoms in total. The minimum atomic E-state index is -0.208. The molecule has 0 aromatic heterocycles. The van der Waals surface area contributed by atoms with Crippen LogP contribution in [0.15, 0.2) is 18.2 Å². The predicted molar refractivity (Wildman–Crippen MR) is 85.3 cm³/mol. The highest BCUT2D eigenvalue weighted by Gasteiger charge is 2.36. The van der Waals surface area contributed by atoms with Crippen LogP contribution >= 0.6 is 0 Å². The lowest BCUT2D eigenvalue weighted by Crippen LogP contribution is -2.59. The molecule has 21 heavy (non-hydrogen) atoms. The molecule has 1 aromatic carbocycles. The number of amides is 1. The van der Waals surface area contributed by atoms with Crippen molar-refractivity contribution >= 4 is 17.3 Å². The number of nitrogen functional groups attached to an aromatic ring is 1. The van der Waals surface area contributed by atoms with Crippen LogP contribution in [0, 0.1) is 6.92 Å². The van der Waals surface area contributed by atoms with Gasteiger partial charge in [0.05, 0.1) is 19.3 Å². The first-order valence-corrected chi connectivity index (χ1v) is 7.33. The number of ether oxygens (including phenoxy) is 1. The predicted octanol–water partition coefficient (Wildman–Crippen LogP) is 2.02. The number of carbonyl (C=O) groups excluding carboxylic acids is 1. The Morgan fingerprint density at radius 3 is 2.81 bits per heavy atom. The summed E-state index contributed by atoms with van der Waals surface area (Å²) in [6.07, 6.45) is 0. The van der Waals surface area contributed by atoms with E-state index in [2.05, 4.69) is 24.1 Å². The highest BCUT2D eigenvalue weighted by atomic mass is 16.5. The highest BCUT2D eigenvalue weighted by Crippen LogP contribution is 2.23. The summed E-state index contributed by atoms with van der Waals surface area (Å²) in [6, 6.07) is 5.30. The molecular weight excluding hydrogens is 266 g/mol. The number of nitrogens with two attached hydrogens (primary N) is 1. The zero-order valence-electron chi connectivity index (χ0n) is 13.3.